The molecule has 0 aliphatic heterocycles. The van der Waals surface area contributed by atoms with Gasteiger partial charge >= 0.3 is 0 Å². The van der Waals surface area contributed by atoms with Crippen molar-refractivity contribution in [1.82, 2.24) is 29.5 Å². The SMILES string of the molecule is c1ccc(-c2nc(-c3nc(-c4ccc5c(c4)c4ccccc4n5-c4ccccc4)nc4c3sc3ccccc34)nc(-c3cccc4sc5ccccc5c34)n2)cc1. The molecule has 0 atom stereocenters. The zero-order chi connectivity index (χ0) is 37.5. The highest BCUT2D eigenvalue weighted by Gasteiger charge is 2.23. The Kier molecular flexibility index (Phi) is 7.17. The van der Waals surface area contributed by atoms with Crippen molar-refractivity contribution >= 4 is 85.0 Å². The first-order chi connectivity index (χ1) is 28.2. The van der Waals surface area contributed by atoms with E-state index in [2.05, 4.69) is 144 Å². The molecule has 6 nitrogen and oxygen atoms in total. The Morgan fingerprint density at radius 1 is 0.386 bits per heavy atom. The molecule has 0 saturated heterocycles. The van der Waals surface area contributed by atoms with Gasteiger partial charge < -0.3 is 4.57 Å². The zero-order valence-electron chi connectivity index (χ0n) is 30.2. The van der Waals surface area contributed by atoms with Crippen molar-refractivity contribution < 1.29 is 0 Å². The van der Waals surface area contributed by atoms with Gasteiger partial charge in [0.05, 0.1) is 21.3 Å². The van der Waals surface area contributed by atoms with Crippen LogP contribution in [0.2, 0.25) is 0 Å². The average Bonchev–Trinajstić information content (AvgIpc) is 3.96. The Balaban J connectivity index is 1.13. The van der Waals surface area contributed by atoms with Crippen LogP contribution in [0.5, 0.6) is 0 Å². The second-order valence-electron chi connectivity index (χ2n) is 14.0. The van der Waals surface area contributed by atoms with Crippen LogP contribution < -0.4 is 0 Å². The summed E-state index contributed by atoms with van der Waals surface area (Å²) in [5.74, 6) is 2.33. The summed E-state index contributed by atoms with van der Waals surface area (Å²) in [6.07, 6.45) is 0. The molecule has 0 aliphatic carbocycles. The second kappa shape index (κ2) is 12.7. The molecule has 7 aromatic carbocycles. The molecular weight excluding hydrogens is 737 g/mol. The fourth-order valence-electron chi connectivity index (χ4n) is 8.12. The minimum absolute atomic E-state index is 0.511. The van der Waals surface area contributed by atoms with E-state index in [1.165, 1.54) is 20.2 Å². The molecule has 0 radical (unpaired) electrons. The Morgan fingerprint density at radius 3 is 1.86 bits per heavy atom. The monoisotopic (exact) mass is 764 g/mol. The highest BCUT2D eigenvalue weighted by Crippen LogP contribution is 2.42. The number of nitrogens with zero attached hydrogens (tertiary/aromatic N) is 6. The summed E-state index contributed by atoms with van der Waals surface area (Å²) < 4.78 is 6.82. The molecule has 5 aromatic heterocycles. The molecule has 5 heterocycles. The second-order valence-corrected chi connectivity index (χ2v) is 16.2. The van der Waals surface area contributed by atoms with Crippen LogP contribution in [-0.2, 0) is 0 Å². The standard InChI is InChI=1S/C49H28N6S2/c1-3-14-29(15-4-1)46-52-48(35-21-13-25-41-42(35)33-19-8-11-23-39(33)56-41)54-49(53-46)44-45-43(34-20-9-12-24-40(34)57-45)50-47(51-44)30-26-27-38-36(28-30)32-18-7-10-22-37(32)55(38)31-16-5-2-6-17-31/h1-28H. The number of benzene rings is 7. The van der Waals surface area contributed by atoms with Crippen LogP contribution in [0.3, 0.4) is 0 Å². The molecule has 0 spiro atoms. The lowest BCUT2D eigenvalue weighted by Crippen LogP contribution is -2.03. The molecule has 0 saturated carbocycles. The largest absolute Gasteiger partial charge is 0.309 e. The van der Waals surface area contributed by atoms with E-state index >= 15 is 0 Å². The van der Waals surface area contributed by atoms with E-state index in [1.54, 1.807) is 22.7 Å². The summed E-state index contributed by atoms with van der Waals surface area (Å²) in [6, 6.07) is 59.2. The van der Waals surface area contributed by atoms with Crippen LogP contribution >= 0.6 is 22.7 Å². The Morgan fingerprint density at radius 2 is 1.02 bits per heavy atom. The summed E-state index contributed by atoms with van der Waals surface area (Å²) in [6.45, 7) is 0. The van der Waals surface area contributed by atoms with Gasteiger partial charge in [-0.1, -0.05) is 115 Å². The molecule has 0 bridgehead atoms. The number of rotatable bonds is 5. The van der Waals surface area contributed by atoms with Crippen molar-refractivity contribution in [3.05, 3.63) is 170 Å². The lowest BCUT2D eigenvalue weighted by molar-refractivity contribution is 1.06. The molecule has 12 aromatic rings. The van der Waals surface area contributed by atoms with Crippen molar-refractivity contribution in [1.29, 1.82) is 0 Å². The van der Waals surface area contributed by atoms with Crippen molar-refractivity contribution in [2.24, 2.45) is 0 Å². The van der Waals surface area contributed by atoms with Crippen LogP contribution in [0, 0.1) is 0 Å². The topological polar surface area (TPSA) is 69.4 Å². The van der Waals surface area contributed by atoms with Gasteiger partial charge in [0, 0.05) is 63.4 Å². The smallest absolute Gasteiger partial charge is 0.184 e. The normalized spacial score (nSPS) is 11.9. The Labute approximate surface area is 334 Å². The van der Waals surface area contributed by atoms with E-state index < -0.39 is 0 Å². The summed E-state index contributed by atoms with van der Waals surface area (Å²) in [5.41, 5.74) is 7.76. The predicted molar refractivity (Wildman–Crippen MR) is 237 cm³/mol. The first kappa shape index (κ1) is 32.1. The minimum atomic E-state index is 0.511. The van der Waals surface area contributed by atoms with Gasteiger partial charge in [-0.2, -0.15) is 0 Å². The maximum absolute atomic E-state index is 5.40. The Hall–Kier alpha value is -7.13. The van der Waals surface area contributed by atoms with Crippen molar-refractivity contribution in [2.45, 2.75) is 0 Å². The van der Waals surface area contributed by atoms with E-state index in [1.807, 2.05) is 30.3 Å². The van der Waals surface area contributed by atoms with E-state index in [4.69, 9.17) is 24.9 Å². The number of hydrogen-bond acceptors (Lipinski definition) is 7. The number of hydrogen-bond donors (Lipinski definition) is 0. The van der Waals surface area contributed by atoms with E-state index in [-0.39, 0.29) is 0 Å². The third-order valence-corrected chi connectivity index (χ3v) is 13.0. The third-order valence-electron chi connectivity index (χ3n) is 10.7. The maximum atomic E-state index is 5.40. The third kappa shape index (κ3) is 5.12. The lowest BCUT2D eigenvalue weighted by Gasteiger charge is -2.11. The van der Waals surface area contributed by atoms with Gasteiger partial charge in [0.25, 0.3) is 0 Å². The summed E-state index contributed by atoms with van der Waals surface area (Å²) in [4.78, 5) is 26.4. The first-order valence-electron chi connectivity index (χ1n) is 18.8. The first-order valence-corrected chi connectivity index (χ1v) is 20.4. The van der Waals surface area contributed by atoms with Crippen LogP contribution in [0.25, 0.3) is 114 Å². The van der Waals surface area contributed by atoms with Crippen molar-refractivity contribution in [2.75, 3.05) is 0 Å². The molecule has 57 heavy (non-hydrogen) atoms. The number of para-hydroxylation sites is 2. The van der Waals surface area contributed by atoms with E-state index in [0.717, 1.165) is 64.5 Å². The van der Waals surface area contributed by atoms with E-state index in [0.29, 0.717) is 29.0 Å². The zero-order valence-corrected chi connectivity index (χ0v) is 31.8. The summed E-state index contributed by atoms with van der Waals surface area (Å²) in [5, 5.41) is 5.72. The summed E-state index contributed by atoms with van der Waals surface area (Å²) >= 11 is 3.46. The summed E-state index contributed by atoms with van der Waals surface area (Å²) in [7, 11) is 0. The van der Waals surface area contributed by atoms with E-state index in [9.17, 15) is 0 Å². The molecule has 12 rings (SSSR count). The molecule has 0 fully saturated rings. The highest BCUT2D eigenvalue weighted by molar-refractivity contribution is 7.26. The molecule has 0 unspecified atom stereocenters. The van der Waals surface area contributed by atoms with Crippen molar-refractivity contribution in [3.63, 3.8) is 0 Å². The average molecular weight is 765 g/mol. The van der Waals surface area contributed by atoms with Gasteiger partial charge in [0.1, 0.15) is 5.69 Å². The van der Waals surface area contributed by atoms with Crippen LogP contribution in [0.1, 0.15) is 0 Å². The Bertz CT molecular complexity index is 3530. The maximum Gasteiger partial charge on any atom is 0.184 e. The van der Waals surface area contributed by atoms with Crippen LogP contribution in [0.4, 0.5) is 0 Å². The lowest BCUT2D eigenvalue weighted by atomic mass is 10.1. The number of aromatic nitrogens is 6. The fraction of sp³-hybridized carbons (Fsp3) is 0. The number of fused-ring (bicyclic) bond motifs is 9. The molecule has 0 amide bonds. The quantitative estimate of drug-likeness (QED) is 0.175. The molecular formula is C49H28N6S2. The van der Waals surface area contributed by atoms with Gasteiger partial charge in [-0.25, -0.2) is 24.9 Å². The van der Waals surface area contributed by atoms with Gasteiger partial charge in [-0.15, -0.1) is 22.7 Å². The van der Waals surface area contributed by atoms with Crippen LogP contribution in [0.15, 0.2) is 170 Å². The number of thiophene rings is 2. The predicted octanol–water partition coefficient (Wildman–Crippen LogP) is 13.2. The highest BCUT2D eigenvalue weighted by atomic mass is 32.1. The van der Waals surface area contributed by atoms with Gasteiger partial charge in [0.15, 0.2) is 23.3 Å². The van der Waals surface area contributed by atoms with Gasteiger partial charge in [-0.3, -0.25) is 0 Å². The van der Waals surface area contributed by atoms with Gasteiger partial charge in [0.2, 0.25) is 0 Å². The molecule has 0 aliphatic rings. The van der Waals surface area contributed by atoms with Gasteiger partial charge in [-0.05, 0) is 54.6 Å². The molecule has 266 valence electrons. The molecule has 0 N–H and O–H groups in total. The van der Waals surface area contributed by atoms with Crippen LogP contribution in [-0.4, -0.2) is 29.5 Å². The van der Waals surface area contributed by atoms with Crippen molar-refractivity contribution in [3.8, 4) is 51.4 Å². The molecule has 8 heteroatoms. The minimum Gasteiger partial charge on any atom is -0.309 e. The fourth-order valence-corrected chi connectivity index (χ4v) is 10.4.